The number of hydrogen-bond acceptors (Lipinski definition) is 3. The zero-order valence-electron chi connectivity index (χ0n) is 15.2. The fourth-order valence-electron chi connectivity index (χ4n) is 2.45. The lowest BCUT2D eigenvalue weighted by molar-refractivity contribution is -0.137. The van der Waals surface area contributed by atoms with Crippen LogP contribution in [-0.4, -0.2) is 41.8 Å². The van der Waals surface area contributed by atoms with Crippen LogP contribution in [0.3, 0.4) is 0 Å². The first-order chi connectivity index (χ1) is 12.6. The van der Waals surface area contributed by atoms with Crippen LogP contribution in [0.1, 0.15) is 29.3 Å². The number of nitrogens with zero attached hydrogens (tertiary/aromatic N) is 2. The maximum absolute atomic E-state index is 12.7. The second-order valence-electron chi connectivity index (χ2n) is 6.15. The van der Waals surface area contributed by atoms with Crippen molar-refractivity contribution in [1.82, 2.24) is 15.2 Å². The molecule has 1 aromatic heterocycles. The van der Waals surface area contributed by atoms with Crippen LogP contribution in [0.15, 0.2) is 42.6 Å². The molecule has 0 saturated carbocycles. The number of halogens is 3. The molecule has 5 nitrogen and oxygen atoms in total. The van der Waals surface area contributed by atoms with Gasteiger partial charge in [0.15, 0.2) is 0 Å². The fraction of sp³-hybridized carbons (Fsp3) is 0.316. The molecule has 0 bridgehead atoms. The Morgan fingerprint density at radius 2 is 1.93 bits per heavy atom. The number of benzene rings is 1. The number of carbonyl (C=O) groups is 2. The number of carbonyl (C=O) groups excluding carboxylic acids is 2. The molecule has 1 atom stereocenters. The number of aromatic nitrogens is 1. The van der Waals surface area contributed by atoms with E-state index in [9.17, 15) is 22.8 Å². The van der Waals surface area contributed by atoms with Crippen molar-refractivity contribution in [3.05, 3.63) is 53.7 Å². The molecule has 2 aromatic rings. The fourth-order valence-corrected chi connectivity index (χ4v) is 2.45. The Morgan fingerprint density at radius 3 is 2.48 bits per heavy atom. The summed E-state index contributed by atoms with van der Waals surface area (Å²) in [6, 6.07) is 8.39. The van der Waals surface area contributed by atoms with Crippen LogP contribution in [0.5, 0.6) is 0 Å². The molecule has 2 amide bonds. The molecule has 1 aromatic carbocycles. The van der Waals surface area contributed by atoms with E-state index in [0.29, 0.717) is 16.8 Å². The molecule has 1 unspecified atom stereocenters. The summed E-state index contributed by atoms with van der Waals surface area (Å²) >= 11 is 0. The van der Waals surface area contributed by atoms with E-state index >= 15 is 0 Å². The SMILES string of the molecule is CNC(=O)CC(C)N(C)C(=O)c1cccc(-c2ccc(C(F)(F)F)cn2)c1. The lowest BCUT2D eigenvalue weighted by atomic mass is 10.1. The average Bonchev–Trinajstić information content (AvgIpc) is 2.66. The number of nitrogens with one attached hydrogen (secondary N) is 1. The molecule has 144 valence electrons. The molecule has 0 saturated heterocycles. The molecule has 0 aliphatic heterocycles. The van der Waals surface area contributed by atoms with Crippen molar-refractivity contribution in [3.8, 4) is 11.3 Å². The van der Waals surface area contributed by atoms with Crippen molar-refractivity contribution in [2.24, 2.45) is 0 Å². The minimum absolute atomic E-state index is 0.166. The first-order valence-electron chi connectivity index (χ1n) is 8.25. The van der Waals surface area contributed by atoms with E-state index in [-0.39, 0.29) is 24.3 Å². The minimum Gasteiger partial charge on any atom is -0.359 e. The zero-order valence-corrected chi connectivity index (χ0v) is 15.2. The highest BCUT2D eigenvalue weighted by atomic mass is 19.4. The molecule has 1 heterocycles. The summed E-state index contributed by atoms with van der Waals surface area (Å²) in [4.78, 5) is 29.4. The van der Waals surface area contributed by atoms with Crippen molar-refractivity contribution in [2.75, 3.05) is 14.1 Å². The highest BCUT2D eigenvalue weighted by molar-refractivity contribution is 5.95. The molecule has 0 aliphatic carbocycles. The van der Waals surface area contributed by atoms with E-state index in [1.807, 2.05) is 0 Å². The molecular formula is C19H20F3N3O2. The second-order valence-corrected chi connectivity index (χ2v) is 6.15. The molecule has 0 fully saturated rings. The van der Waals surface area contributed by atoms with E-state index in [4.69, 9.17) is 0 Å². The summed E-state index contributed by atoms with van der Waals surface area (Å²) < 4.78 is 38.0. The number of amides is 2. The van der Waals surface area contributed by atoms with Crippen LogP contribution in [-0.2, 0) is 11.0 Å². The van der Waals surface area contributed by atoms with E-state index in [2.05, 4.69) is 10.3 Å². The summed E-state index contributed by atoms with van der Waals surface area (Å²) in [7, 11) is 3.12. The predicted molar refractivity (Wildman–Crippen MR) is 94.9 cm³/mol. The van der Waals surface area contributed by atoms with Crippen molar-refractivity contribution in [3.63, 3.8) is 0 Å². The molecule has 0 aliphatic rings. The van der Waals surface area contributed by atoms with Gasteiger partial charge >= 0.3 is 6.18 Å². The van der Waals surface area contributed by atoms with E-state index < -0.39 is 11.7 Å². The van der Waals surface area contributed by atoms with Gasteiger partial charge in [-0.25, -0.2) is 0 Å². The van der Waals surface area contributed by atoms with Crippen LogP contribution in [0, 0.1) is 0 Å². The Balaban J connectivity index is 2.21. The van der Waals surface area contributed by atoms with Crippen LogP contribution in [0.4, 0.5) is 13.2 Å². The van der Waals surface area contributed by atoms with Gasteiger partial charge in [0.05, 0.1) is 11.3 Å². The number of rotatable bonds is 5. The van der Waals surface area contributed by atoms with Crippen molar-refractivity contribution >= 4 is 11.8 Å². The minimum atomic E-state index is -4.45. The summed E-state index contributed by atoms with van der Waals surface area (Å²) in [6.07, 6.45) is -3.52. The molecule has 27 heavy (non-hydrogen) atoms. The average molecular weight is 379 g/mol. The predicted octanol–water partition coefficient (Wildman–Crippen LogP) is 3.36. The van der Waals surface area contributed by atoms with Crippen LogP contribution in [0.2, 0.25) is 0 Å². The van der Waals surface area contributed by atoms with E-state index in [1.165, 1.54) is 18.0 Å². The number of pyridine rings is 1. The highest BCUT2D eigenvalue weighted by Gasteiger charge is 2.30. The van der Waals surface area contributed by atoms with Gasteiger partial charge in [0.2, 0.25) is 5.91 Å². The molecule has 8 heteroatoms. The Hall–Kier alpha value is -2.90. The van der Waals surface area contributed by atoms with Crippen LogP contribution >= 0.6 is 0 Å². The van der Waals surface area contributed by atoms with Gasteiger partial charge in [0.1, 0.15) is 0 Å². The van der Waals surface area contributed by atoms with Gasteiger partial charge < -0.3 is 10.2 Å². The molecule has 2 rings (SSSR count). The van der Waals surface area contributed by atoms with E-state index in [0.717, 1.165) is 12.3 Å². The Bertz CT molecular complexity index is 820. The van der Waals surface area contributed by atoms with Crippen LogP contribution in [0.25, 0.3) is 11.3 Å². The van der Waals surface area contributed by atoms with E-state index in [1.54, 1.807) is 38.2 Å². The monoisotopic (exact) mass is 379 g/mol. The highest BCUT2D eigenvalue weighted by Crippen LogP contribution is 2.30. The molecular weight excluding hydrogens is 359 g/mol. The Labute approximate surface area is 155 Å². The Morgan fingerprint density at radius 1 is 1.22 bits per heavy atom. The summed E-state index contributed by atoms with van der Waals surface area (Å²) in [6.45, 7) is 1.76. The van der Waals surface area contributed by atoms with Crippen LogP contribution < -0.4 is 5.32 Å². The third kappa shape index (κ3) is 5.06. The lowest BCUT2D eigenvalue weighted by Gasteiger charge is -2.24. The number of alkyl halides is 3. The van der Waals surface area contributed by atoms with Crippen molar-refractivity contribution in [1.29, 1.82) is 0 Å². The zero-order chi connectivity index (χ0) is 20.2. The third-order valence-electron chi connectivity index (χ3n) is 4.24. The second kappa shape index (κ2) is 8.20. The largest absolute Gasteiger partial charge is 0.417 e. The smallest absolute Gasteiger partial charge is 0.359 e. The third-order valence-corrected chi connectivity index (χ3v) is 4.24. The standard InChI is InChI=1S/C19H20F3N3O2/c1-12(9-17(26)23-2)25(3)18(27)14-6-4-5-13(10-14)16-8-7-15(11-24-16)19(20,21)22/h4-8,10-12H,9H2,1-3H3,(H,23,26). The summed E-state index contributed by atoms with van der Waals surface area (Å²) in [5, 5.41) is 2.51. The van der Waals surface area contributed by atoms with Crippen molar-refractivity contribution in [2.45, 2.75) is 25.6 Å². The first-order valence-corrected chi connectivity index (χ1v) is 8.25. The van der Waals surface area contributed by atoms with Gasteiger partial charge in [-0.1, -0.05) is 12.1 Å². The van der Waals surface area contributed by atoms with Gasteiger partial charge in [-0.2, -0.15) is 13.2 Å². The molecule has 0 spiro atoms. The lowest BCUT2D eigenvalue weighted by Crippen LogP contribution is -2.38. The maximum atomic E-state index is 12.7. The van der Waals surface area contributed by atoms with Gasteiger partial charge in [-0.15, -0.1) is 0 Å². The first kappa shape index (κ1) is 20.4. The number of hydrogen-bond donors (Lipinski definition) is 1. The Kier molecular flexibility index (Phi) is 6.20. The normalized spacial score (nSPS) is 12.4. The van der Waals surface area contributed by atoms with Crippen molar-refractivity contribution < 1.29 is 22.8 Å². The maximum Gasteiger partial charge on any atom is 0.417 e. The summed E-state index contributed by atoms with van der Waals surface area (Å²) in [5.41, 5.74) is 0.391. The summed E-state index contributed by atoms with van der Waals surface area (Å²) in [5.74, 6) is -0.468. The van der Waals surface area contributed by atoms with Gasteiger partial charge in [-0.05, 0) is 31.2 Å². The molecule has 0 radical (unpaired) electrons. The quantitative estimate of drug-likeness (QED) is 0.867. The molecule has 1 N–H and O–H groups in total. The van der Waals surface area contributed by atoms with Gasteiger partial charge in [0, 0.05) is 43.9 Å². The van der Waals surface area contributed by atoms with Gasteiger partial charge in [-0.3, -0.25) is 14.6 Å². The van der Waals surface area contributed by atoms with Gasteiger partial charge in [0.25, 0.3) is 5.91 Å². The topological polar surface area (TPSA) is 62.3 Å².